The van der Waals surface area contributed by atoms with Gasteiger partial charge in [-0.2, -0.15) is 0 Å². The van der Waals surface area contributed by atoms with E-state index in [4.69, 9.17) is 5.73 Å². The van der Waals surface area contributed by atoms with E-state index in [1.54, 1.807) is 11.3 Å². The number of nitrogens with one attached hydrogen (secondary N) is 1. The minimum atomic E-state index is -0.129. The lowest BCUT2D eigenvalue weighted by Gasteiger charge is -2.40. The second-order valence-electron chi connectivity index (χ2n) is 4.65. The lowest BCUT2D eigenvalue weighted by atomic mass is 10.0. The molecule has 1 aromatic rings. The summed E-state index contributed by atoms with van der Waals surface area (Å²) >= 11 is 5.16. The molecule has 1 aliphatic rings. The smallest absolute Gasteiger partial charge is 0.237 e. The zero-order chi connectivity index (χ0) is 13.3. The minimum absolute atomic E-state index is 0.0103. The maximum Gasteiger partial charge on any atom is 0.237 e. The van der Waals surface area contributed by atoms with E-state index in [1.165, 1.54) is 4.88 Å². The van der Waals surface area contributed by atoms with Crippen LogP contribution in [0.3, 0.4) is 0 Å². The van der Waals surface area contributed by atoms with Crippen molar-refractivity contribution < 1.29 is 4.79 Å². The molecule has 1 saturated heterocycles. The quantitative estimate of drug-likeness (QED) is 0.886. The molecular weight excluding hydrogens is 314 g/mol. The number of rotatable bonds is 3. The molecule has 3 unspecified atom stereocenters. The zero-order valence-corrected chi connectivity index (χ0v) is 12.9. The van der Waals surface area contributed by atoms with Gasteiger partial charge in [0.2, 0.25) is 5.91 Å². The van der Waals surface area contributed by atoms with Gasteiger partial charge in [0.1, 0.15) is 0 Å². The number of nitrogens with two attached hydrogens (primary N) is 1. The van der Waals surface area contributed by atoms with Crippen molar-refractivity contribution in [2.75, 3.05) is 13.1 Å². The number of thiophene rings is 1. The summed E-state index contributed by atoms with van der Waals surface area (Å²) in [7, 11) is 0. The van der Waals surface area contributed by atoms with Crippen LogP contribution in [0.5, 0.6) is 0 Å². The van der Waals surface area contributed by atoms with Gasteiger partial charge >= 0.3 is 0 Å². The normalized spacial score (nSPS) is 24.7. The van der Waals surface area contributed by atoms with Crippen molar-refractivity contribution in [1.82, 2.24) is 10.2 Å². The number of amides is 1. The van der Waals surface area contributed by atoms with Crippen molar-refractivity contribution in [2.45, 2.75) is 32.0 Å². The summed E-state index contributed by atoms with van der Waals surface area (Å²) in [6, 6.07) is 4.08. The van der Waals surface area contributed by atoms with Crippen molar-refractivity contribution in [3.8, 4) is 0 Å². The van der Waals surface area contributed by atoms with Crippen LogP contribution in [0.2, 0.25) is 0 Å². The number of halogens is 1. The Kier molecular flexibility index (Phi) is 4.42. The number of hydrogen-bond acceptors (Lipinski definition) is 4. The lowest BCUT2D eigenvalue weighted by Crippen LogP contribution is -2.57. The van der Waals surface area contributed by atoms with Crippen molar-refractivity contribution >= 4 is 33.2 Å². The van der Waals surface area contributed by atoms with Gasteiger partial charge in [-0.05, 0) is 41.9 Å². The molecule has 0 spiro atoms. The Balaban J connectivity index is 2.27. The van der Waals surface area contributed by atoms with Gasteiger partial charge in [0, 0.05) is 24.0 Å². The molecule has 0 saturated carbocycles. The van der Waals surface area contributed by atoms with E-state index >= 15 is 0 Å². The largest absolute Gasteiger partial charge is 0.353 e. The highest BCUT2D eigenvalue weighted by Gasteiger charge is 2.34. The van der Waals surface area contributed by atoms with E-state index in [0.29, 0.717) is 6.54 Å². The van der Waals surface area contributed by atoms with Crippen LogP contribution in [0.4, 0.5) is 0 Å². The van der Waals surface area contributed by atoms with Crippen LogP contribution in [-0.4, -0.2) is 36.0 Å². The molecule has 1 aromatic heterocycles. The number of carbonyl (C=O) groups excluding carboxylic acids is 1. The first-order valence-electron chi connectivity index (χ1n) is 6.05. The summed E-state index contributed by atoms with van der Waals surface area (Å²) in [6.07, 6.45) is 0. The number of carbonyl (C=O) groups is 1. The standard InChI is InChI=1S/C12H18BrN3OS/c1-7(14)11(9-3-4-10(13)18-9)16-6-5-15-12(17)8(16)2/h3-4,7-8,11H,5-6,14H2,1-2H3,(H,15,17). The Morgan fingerprint density at radius 2 is 2.33 bits per heavy atom. The van der Waals surface area contributed by atoms with Crippen LogP contribution in [-0.2, 0) is 4.79 Å². The van der Waals surface area contributed by atoms with E-state index in [9.17, 15) is 4.79 Å². The molecule has 18 heavy (non-hydrogen) atoms. The third-order valence-corrected chi connectivity index (χ3v) is 4.98. The topological polar surface area (TPSA) is 58.4 Å². The maximum atomic E-state index is 11.8. The fourth-order valence-corrected chi connectivity index (χ4v) is 4.05. The molecule has 0 bridgehead atoms. The number of nitrogens with zero attached hydrogens (tertiary/aromatic N) is 1. The number of hydrogen-bond donors (Lipinski definition) is 2. The van der Waals surface area contributed by atoms with E-state index in [2.05, 4.69) is 32.2 Å². The lowest BCUT2D eigenvalue weighted by molar-refractivity contribution is -0.129. The monoisotopic (exact) mass is 331 g/mol. The predicted molar refractivity (Wildman–Crippen MR) is 77.6 cm³/mol. The highest BCUT2D eigenvalue weighted by molar-refractivity contribution is 9.11. The molecule has 1 aliphatic heterocycles. The maximum absolute atomic E-state index is 11.8. The summed E-state index contributed by atoms with van der Waals surface area (Å²) in [6.45, 7) is 5.47. The third kappa shape index (κ3) is 2.77. The third-order valence-electron chi connectivity index (χ3n) is 3.29. The van der Waals surface area contributed by atoms with Crippen molar-refractivity contribution in [2.24, 2.45) is 5.73 Å². The van der Waals surface area contributed by atoms with Gasteiger partial charge in [-0.25, -0.2) is 0 Å². The molecule has 0 aliphatic carbocycles. The van der Waals surface area contributed by atoms with E-state index in [-0.39, 0.29) is 24.0 Å². The molecule has 3 atom stereocenters. The van der Waals surface area contributed by atoms with Crippen LogP contribution < -0.4 is 11.1 Å². The van der Waals surface area contributed by atoms with Gasteiger partial charge in [0.05, 0.1) is 15.9 Å². The zero-order valence-electron chi connectivity index (χ0n) is 10.5. The van der Waals surface area contributed by atoms with Crippen LogP contribution in [0.25, 0.3) is 0 Å². The van der Waals surface area contributed by atoms with E-state index in [1.807, 2.05) is 19.9 Å². The fourth-order valence-electron chi connectivity index (χ4n) is 2.39. The van der Waals surface area contributed by atoms with Crippen LogP contribution in [0, 0.1) is 0 Å². The summed E-state index contributed by atoms with van der Waals surface area (Å²) in [5.74, 6) is 0.0857. The van der Waals surface area contributed by atoms with Crippen molar-refractivity contribution in [1.29, 1.82) is 0 Å². The number of piperazine rings is 1. The fraction of sp³-hybridized carbons (Fsp3) is 0.583. The molecule has 0 aromatic carbocycles. The molecule has 0 radical (unpaired) electrons. The highest BCUT2D eigenvalue weighted by Crippen LogP contribution is 2.33. The van der Waals surface area contributed by atoms with Crippen LogP contribution >= 0.6 is 27.3 Å². The SMILES string of the molecule is CC(N)C(c1ccc(Br)s1)N1CCNC(=O)C1C. The first-order valence-corrected chi connectivity index (χ1v) is 7.66. The average Bonchev–Trinajstić information content (AvgIpc) is 2.71. The van der Waals surface area contributed by atoms with Gasteiger partial charge < -0.3 is 11.1 Å². The Morgan fingerprint density at radius 3 is 2.89 bits per heavy atom. The van der Waals surface area contributed by atoms with Gasteiger partial charge in [0.15, 0.2) is 0 Å². The predicted octanol–water partition coefficient (Wildman–Crippen LogP) is 1.72. The molecule has 2 rings (SSSR count). The van der Waals surface area contributed by atoms with Crippen molar-refractivity contribution in [3.63, 3.8) is 0 Å². The molecular formula is C12H18BrN3OS. The van der Waals surface area contributed by atoms with Gasteiger partial charge in [0.25, 0.3) is 0 Å². The van der Waals surface area contributed by atoms with Gasteiger partial charge in [-0.1, -0.05) is 0 Å². The molecule has 6 heteroatoms. The molecule has 1 amide bonds. The second-order valence-corrected chi connectivity index (χ2v) is 7.15. The summed E-state index contributed by atoms with van der Waals surface area (Å²) in [5.41, 5.74) is 6.13. The van der Waals surface area contributed by atoms with Crippen molar-refractivity contribution in [3.05, 3.63) is 20.8 Å². The Bertz CT molecular complexity index is 435. The molecule has 3 N–H and O–H groups in total. The molecule has 100 valence electrons. The Labute approximate surface area is 120 Å². The Morgan fingerprint density at radius 1 is 1.61 bits per heavy atom. The summed E-state index contributed by atoms with van der Waals surface area (Å²) < 4.78 is 1.09. The highest BCUT2D eigenvalue weighted by atomic mass is 79.9. The molecule has 4 nitrogen and oxygen atoms in total. The Hall–Kier alpha value is -0.430. The average molecular weight is 332 g/mol. The van der Waals surface area contributed by atoms with Crippen LogP contribution in [0.1, 0.15) is 24.8 Å². The summed E-state index contributed by atoms with van der Waals surface area (Å²) in [4.78, 5) is 15.2. The molecule has 2 heterocycles. The molecule has 1 fully saturated rings. The summed E-state index contributed by atoms with van der Waals surface area (Å²) in [5, 5.41) is 2.88. The van der Waals surface area contributed by atoms with E-state index < -0.39 is 0 Å². The van der Waals surface area contributed by atoms with E-state index in [0.717, 1.165) is 10.3 Å². The second kappa shape index (κ2) is 5.69. The first-order chi connectivity index (χ1) is 8.50. The van der Waals surface area contributed by atoms with Gasteiger partial charge in [-0.15, -0.1) is 11.3 Å². The van der Waals surface area contributed by atoms with Crippen LogP contribution in [0.15, 0.2) is 15.9 Å². The van der Waals surface area contributed by atoms with Gasteiger partial charge in [-0.3, -0.25) is 9.69 Å². The minimum Gasteiger partial charge on any atom is -0.353 e. The first kappa shape index (κ1) is 14.0.